The van der Waals surface area contributed by atoms with Crippen LogP contribution >= 0.6 is 11.3 Å². The molecule has 1 spiro atoms. The summed E-state index contributed by atoms with van der Waals surface area (Å²) in [7, 11) is 0. The molecule has 2 atom stereocenters. The number of aryl methyl sites for hydroxylation is 1. The molecule has 1 aromatic rings. The van der Waals surface area contributed by atoms with E-state index in [9.17, 15) is 4.79 Å². The quantitative estimate of drug-likeness (QED) is 0.720. The van der Waals surface area contributed by atoms with Crippen LogP contribution in [0, 0.1) is 11.8 Å². The minimum absolute atomic E-state index is 0.0531. The first-order valence-electron chi connectivity index (χ1n) is 12.0. The van der Waals surface area contributed by atoms with E-state index in [4.69, 9.17) is 9.47 Å². The number of nitrogens with zero attached hydrogens (tertiary/aromatic N) is 1. The highest BCUT2D eigenvalue weighted by molar-refractivity contribution is 7.12. The molecule has 0 unspecified atom stereocenters. The van der Waals surface area contributed by atoms with E-state index in [2.05, 4.69) is 30.1 Å². The predicted molar refractivity (Wildman–Crippen MR) is 119 cm³/mol. The van der Waals surface area contributed by atoms with E-state index < -0.39 is 0 Å². The first kappa shape index (κ1) is 20.8. The number of hydrogen-bond donors (Lipinski definition) is 1. The summed E-state index contributed by atoms with van der Waals surface area (Å²) < 4.78 is 11.8. The number of fused-ring (bicyclic) bond motifs is 2. The first-order chi connectivity index (χ1) is 14.5. The van der Waals surface area contributed by atoms with E-state index in [0.717, 1.165) is 58.2 Å². The van der Waals surface area contributed by atoms with Crippen LogP contribution in [-0.4, -0.2) is 49.4 Å². The molecule has 0 bridgehead atoms. The lowest BCUT2D eigenvalue weighted by Gasteiger charge is -2.49. The number of hydrogen-bond acceptors (Lipinski definition) is 5. The minimum atomic E-state index is -0.217. The average molecular weight is 433 g/mol. The second-order valence-corrected chi connectivity index (χ2v) is 11.2. The maximum Gasteiger partial charge on any atom is 0.407 e. The van der Waals surface area contributed by atoms with Gasteiger partial charge >= 0.3 is 6.09 Å². The molecular formula is C24H36N2O3S. The predicted octanol–water partition coefficient (Wildman–Crippen LogP) is 4.48. The number of ether oxygens (including phenoxy) is 2. The first-order valence-corrected chi connectivity index (χ1v) is 12.8. The fraction of sp³-hybridized carbons (Fsp3) is 0.792. The number of amides is 1. The van der Waals surface area contributed by atoms with Gasteiger partial charge in [0, 0.05) is 41.3 Å². The SMILES string of the molecule is CCc1cc2c(s1)CCO[C@@]21CCN(CC2CC(NC(=O)OCC3CC3)C2)[C@@H](C)C1. The Labute approximate surface area is 184 Å². The second-order valence-electron chi connectivity index (χ2n) is 10.0. The van der Waals surface area contributed by atoms with E-state index in [1.165, 1.54) is 23.3 Å². The van der Waals surface area contributed by atoms with Crippen LogP contribution in [0.5, 0.6) is 0 Å². The van der Waals surface area contributed by atoms with Crippen molar-refractivity contribution in [3.63, 3.8) is 0 Å². The monoisotopic (exact) mass is 432 g/mol. The number of likely N-dealkylation sites (tertiary alicyclic amines) is 1. The third-order valence-corrected chi connectivity index (χ3v) is 8.99. The zero-order chi connectivity index (χ0) is 20.7. The van der Waals surface area contributed by atoms with Gasteiger partial charge in [-0.3, -0.25) is 0 Å². The Kier molecular flexibility index (Phi) is 5.84. The zero-order valence-electron chi connectivity index (χ0n) is 18.5. The summed E-state index contributed by atoms with van der Waals surface area (Å²) >= 11 is 2.00. The topological polar surface area (TPSA) is 50.8 Å². The normalized spacial score (nSPS) is 33.7. The number of piperidine rings is 1. The highest BCUT2D eigenvalue weighted by Crippen LogP contribution is 2.46. The molecule has 30 heavy (non-hydrogen) atoms. The van der Waals surface area contributed by atoms with E-state index in [0.29, 0.717) is 30.5 Å². The van der Waals surface area contributed by atoms with Gasteiger partial charge in [0.1, 0.15) is 0 Å². The molecule has 3 fully saturated rings. The number of rotatable bonds is 6. The molecule has 5 nitrogen and oxygen atoms in total. The number of carbonyl (C=O) groups excluding carboxylic acids is 1. The zero-order valence-corrected chi connectivity index (χ0v) is 19.3. The highest BCUT2D eigenvalue weighted by atomic mass is 32.1. The highest BCUT2D eigenvalue weighted by Gasteiger charge is 2.45. The number of thiophene rings is 1. The van der Waals surface area contributed by atoms with Crippen molar-refractivity contribution < 1.29 is 14.3 Å². The third-order valence-electron chi connectivity index (χ3n) is 7.66. The molecule has 1 amide bonds. The van der Waals surface area contributed by atoms with Gasteiger partial charge in [0.15, 0.2) is 0 Å². The van der Waals surface area contributed by atoms with Crippen molar-refractivity contribution in [2.24, 2.45) is 11.8 Å². The molecule has 6 heteroatoms. The molecule has 2 aliphatic heterocycles. The van der Waals surface area contributed by atoms with Gasteiger partial charge in [-0.15, -0.1) is 11.3 Å². The van der Waals surface area contributed by atoms with E-state index >= 15 is 0 Å². The molecule has 166 valence electrons. The standard InChI is InChI=1S/C24H36N2O3S/c1-3-20-12-21-22(30-20)6-9-29-24(21)7-8-26(16(2)13-24)14-18-10-19(11-18)25-23(27)28-15-17-4-5-17/h12,16-19H,3-11,13-15H2,1-2H3,(H,25,27)/t16-,18?,19?,24+/m0/s1. The van der Waals surface area contributed by atoms with Crippen LogP contribution in [0.15, 0.2) is 6.07 Å². The lowest BCUT2D eigenvalue weighted by atomic mass is 9.76. The summed E-state index contributed by atoms with van der Waals surface area (Å²) in [4.78, 5) is 17.6. The largest absolute Gasteiger partial charge is 0.449 e. The number of alkyl carbamates (subject to hydrolysis) is 1. The third kappa shape index (κ3) is 4.28. The molecule has 2 saturated carbocycles. The molecule has 1 saturated heterocycles. The Hall–Kier alpha value is -1.11. The van der Waals surface area contributed by atoms with Gasteiger partial charge in [0.25, 0.3) is 0 Å². The molecule has 3 heterocycles. The van der Waals surface area contributed by atoms with Crippen molar-refractivity contribution in [2.45, 2.75) is 82.9 Å². The second kappa shape index (κ2) is 8.44. The minimum Gasteiger partial charge on any atom is -0.449 e. The summed E-state index contributed by atoms with van der Waals surface area (Å²) in [6, 6.07) is 3.27. The number of carbonyl (C=O) groups is 1. The van der Waals surface area contributed by atoms with Crippen molar-refractivity contribution in [3.8, 4) is 0 Å². The van der Waals surface area contributed by atoms with Crippen molar-refractivity contribution in [1.29, 1.82) is 0 Å². The summed E-state index contributed by atoms with van der Waals surface area (Å²) in [5, 5.41) is 3.04. The Balaban J connectivity index is 1.10. The Morgan fingerprint density at radius 1 is 1.37 bits per heavy atom. The smallest absolute Gasteiger partial charge is 0.407 e. The summed E-state index contributed by atoms with van der Waals surface area (Å²) in [5.74, 6) is 1.31. The molecule has 1 N–H and O–H groups in total. The molecular weight excluding hydrogens is 396 g/mol. The fourth-order valence-electron chi connectivity index (χ4n) is 5.57. The van der Waals surface area contributed by atoms with Gasteiger partial charge in [-0.2, -0.15) is 0 Å². The van der Waals surface area contributed by atoms with Gasteiger partial charge in [-0.25, -0.2) is 4.79 Å². The van der Waals surface area contributed by atoms with Crippen LogP contribution in [0.25, 0.3) is 0 Å². The molecule has 2 aliphatic carbocycles. The van der Waals surface area contributed by atoms with E-state index in [-0.39, 0.29) is 11.7 Å². The van der Waals surface area contributed by atoms with Gasteiger partial charge in [0.05, 0.1) is 18.8 Å². The average Bonchev–Trinajstić information content (AvgIpc) is 3.43. The maximum atomic E-state index is 11.9. The lowest BCUT2D eigenvalue weighted by molar-refractivity contribution is -0.114. The molecule has 0 aromatic carbocycles. The summed E-state index contributed by atoms with van der Waals surface area (Å²) in [6.07, 6.45) is 8.79. The van der Waals surface area contributed by atoms with Crippen LogP contribution in [-0.2, 0) is 27.9 Å². The van der Waals surface area contributed by atoms with Crippen LogP contribution < -0.4 is 5.32 Å². The van der Waals surface area contributed by atoms with Crippen LogP contribution in [0.2, 0.25) is 0 Å². The van der Waals surface area contributed by atoms with Crippen LogP contribution in [0.4, 0.5) is 4.79 Å². The number of nitrogens with one attached hydrogen (secondary N) is 1. The van der Waals surface area contributed by atoms with Gasteiger partial charge in [-0.1, -0.05) is 6.92 Å². The van der Waals surface area contributed by atoms with E-state index in [1.54, 1.807) is 4.88 Å². The lowest BCUT2D eigenvalue weighted by Crippen LogP contribution is -2.54. The Bertz CT molecular complexity index is 771. The van der Waals surface area contributed by atoms with E-state index in [1.807, 2.05) is 11.3 Å². The molecule has 1 aromatic heterocycles. The summed E-state index contributed by atoms with van der Waals surface area (Å²) in [5.41, 5.74) is 1.45. The van der Waals surface area contributed by atoms with Gasteiger partial charge in [0.2, 0.25) is 0 Å². The van der Waals surface area contributed by atoms with Crippen molar-refractivity contribution >= 4 is 17.4 Å². The van der Waals surface area contributed by atoms with Crippen molar-refractivity contribution in [3.05, 3.63) is 21.4 Å². The Morgan fingerprint density at radius 2 is 2.20 bits per heavy atom. The molecule has 0 radical (unpaired) electrons. The van der Waals surface area contributed by atoms with Crippen LogP contribution in [0.1, 0.15) is 67.7 Å². The van der Waals surface area contributed by atoms with Crippen molar-refractivity contribution in [1.82, 2.24) is 10.2 Å². The fourth-order valence-corrected chi connectivity index (χ4v) is 6.75. The van der Waals surface area contributed by atoms with Crippen LogP contribution in [0.3, 0.4) is 0 Å². The molecule has 4 aliphatic rings. The maximum absolute atomic E-state index is 11.9. The molecule has 5 rings (SSSR count). The summed E-state index contributed by atoms with van der Waals surface area (Å²) in [6.45, 7) is 8.34. The van der Waals surface area contributed by atoms with Crippen molar-refractivity contribution in [2.75, 3.05) is 26.3 Å². The van der Waals surface area contributed by atoms with Gasteiger partial charge < -0.3 is 19.7 Å². The Morgan fingerprint density at radius 3 is 2.93 bits per heavy atom. The van der Waals surface area contributed by atoms with Gasteiger partial charge in [-0.05, 0) is 75.3 Å².